The first-order chi connectivity index (χ1) is 7.09. The van der Waals surface area contributed by atoms with E-state index in [1.807, 2.05) is 6.92 Å². The molecule has 0 unspecified atom stereocenters. The molecule has 0 N–H and O–H groups in total. The Morgan fingerprint density at radius 3 is 2.47 bits per heavy atom. The van der Waals surface area contributed by atoms with Crippen LogP contribution in [-0.2, 0) is 4.74 Å². The summed E-state index contributed by atoms with van der Waals surface area (Å²) < 4.78 is 28.0. The molecule has 0 heterocycles. The van der Waals surface area contributed by atoms with E-state index in [1.54, 1.807) is 24.3 Å². The molecule has 1 rings (SSSR count). The minimum atomic E-state index is -2.53. The highest BCUT2D eigenvalue weighted by atomic mass is 19.3. The van der Waals surface area contributed by atoms with Crippen LogP contribution in [0.5, 0.6) is 0 Å². The van der Waals surface area contributed by atoms with E-state index in [-0.39, 0.29) is 12.4 Å². The summed E-state index contributed by atoms with van der Waals surface area (Å²) in [5.41, 5.74) is 1.52. The summed E-state index contributed by atoms with van der Waals surface area (Å²) in [7, 11) is 0. The largest absolute Gasteiger partial charge is 0.367 e. The monoisotopic (exact) mass is 214 g/mol. The summed E-state index contributed by atoms with van der Waals surface area (Å²) in [6, 6.07) is 6.90. The molecule has 15 heavy (non-hydrogen) atoms. The highest BCUT2D eigenvalue weighted by Gasteiger charge is 2.07. The van der Waals surface area contributed by atoms with Gasteiger partial charge in [-0.25, -0.2) is 8.78 Å². The van der Waals surface area contributed by atoms with Crippen LogP contribution in [0, 0.1) is 6.92 Å². The van der Waals surface area contributed by atoms with Crippen molar-refractivity contribution in [3.8, 4) is 0 Å². The van der Waals surface area contributed by atoms with Gasteiger partial charge in [0, 0.05) is 5.56 Å². The lowest BCUT2D eigenvalue weighted by molar-refractivity contribution is 0.0196. The highest BCUT2D eigenvalue weighted by molar-refractivity contribution is 5.97. The maximum Gasteiger partial charge on any atom is 0.261 e. The van der Waals surface area contributed by atoms with E-state index >= 15 is 0 Å². The van der Waals surface area contributed by atoms with E-state index in [4.69, 9.17) is 0 Å². The molecule has 0 saturated carbocycles. The minimum Gasteiger partial charge on any atom is -0.367 e. The Labute approximate surface area is 86.9 Å². The van der Waals surface area contributed by atoms with E-state index in [2.05, 4.69) is 4.74 Å². The molecular weight excluding hydrogens is 202 g/mol. The molecule has 0 bridgehead atoms. The quantitative estimate of drug-likeness (QED) is 0.704. The molecule has 0 aromatic heterocycles. The lowest BCUT2D eigenvalue weighted by Crippen LogP contribution is -2.13. The summed E-state index contributed by atoms with van der Waals surface area (Å²) in [4.78, 5) is 11.4. The number of aryl methyl sites for hydroxylation is 1. The van der Waals surface area contributed by atoms with Crippen LogP contribution < -0.4 is 0 Å². The molecule has 0 amide bonds. The van der Waals surface area contributed by atoms with Crippen LogP contribution in [0.25, 0.3) is 0 Å². The maximum atomic E-state index is 11.7. The van der Waals surface area contributed by atoms with Crippen molar-refractivity contribution in [1.29, 1.82) is 0 Å². The lowest BCUT2D eigenvalue weighted by Gasteiger charge is -2.03. The summed E-state index contributed by atoms with van der Waals surface area (Å²) in [5.74, 6) is -0.282. The normalized spacial score (nSPS) is 10.7. The third-order valence-electron chi connectivity index (χ3n) is 1.85. The number of rotatable bonds is 5. The maximum absolute atomic E-state index is 11.7. The fourth-order valence-corrected chi connectivity index (χ4v) is 1.06. The molecule has 0 aliphatic heterocycles. The highest BCUT2D eigenvalue weighted by Crippen LogP contribution is 2.04. The summed E-state index contributed by atoms with van der Waals surface area (Å²) in [6.07, 6.45) is -2.53. The van der Waals surface area contributed by atoms with Gasteiger partial charge in [-0.15, -0.1) is 0 Å². The zero-order chi connectivity index (χ0) is 11.3. The Balaban J connectivity index is 2.43. The fraction of sp³-hybridized carbons (Fsp3) is 0.364. The number of ketones is 1. The van der Waals surface area contributed by atoms with Crippen molar-refractivity contribution < 1.29 is 18.3 Å². The number of alkyl halides is 2. The third-order valence-corrected chi connectivity index (χ3v) is 1.85. The van der Waals surface area contributed by atoms with Crippen LogP contribution in [0.2, 0.25) is 0 Å². The van der Waals surface area contributed by atoms with Crippen molar-refractivity contribution in [3.63, 3.8) is 0 Å². The first-order valence-corrected chi connectivity index (χ1v) is 4.55. The topological polar surface area (TPSA) is 26.3 Å². The molecule has 82 valence electrons. The Morgan fingerprint density at radius 2 is 1.93 bits per heavy atom. The van der Waals surface area contributed by atoms with Crippen LogP contribution in [0.3, 0.4) is 0 Å². The lowest BCUT2D eigenvalue weighted by atomic mass is 10.1. The summed E-state index contributed by atoms with van der Waals surface area (Å²) >= 11 is 0. The molecule has 0 saturated heterocycles. The SMILES string of the molecule is Cc1ccc(C(=O)COCC(F)F)cc1. The second-order valence-corrected chi connectivity index (χ2v) is 3.20. The minimum absolute atomic E-state index is 0.282. The van der Waals surface area contributed by atoms with Gasteiger partial charge in [0.15, 0.2) is 5.78 Å². The molecule has 2 nitrogen and oxygen atoms in total. The zero-order valence-electron chi connectivity index (χ0n) is 8.37. The van der Waals surface area contributed by atoms with E-state index in [9.17, 15) is 13.6 Å². The van der Waals surface area contributed by atoms with Crippen LogP contribution in [0.15, 0.2) is 24.3 Å². The standard InChI is InChI=1S/C11H12F2O2/c1-8-2-4-9(5-3-8)10(14)6-15-7-11(12)13/h2-5,11H,6-7H2,1H3. The van der Waals surface area contributed by atoms with Crippen molar-refractivity contribution in [2.75, 3.05) is 13.2 Å². The number of ether oxygens (including phenoxy) is 1. The van der Waals surface area contributed by atoms with Crippen LogP contribution in [-0.4, -0.2) is 25.4 Å². The second-order valence-electron chi connectivity index (χ2n) is 3.20. The van der Waals surface area contributed by atoms with Crippen LogP contribution >= 0.6 is 0 Å². The van der Waals surface area contributed by atoms with E-state index in [0.717, 1.165) is 5.56 Å². The van der Waals surface area contributed by atoms with E-state index < -0.39 is 13.0 Å². The predicted molar refractivity (Wildman–Crippen MR) is 52.3 cm³/mol. The number of hydrogen-bond acceptors (Lipinski definition) is 2. The van der Waals surface area contributed by atoms with Crippen molar-refractivity contribution in [3.05, 3.63) is 35.4 Å². The molecule has 0 aliphatic rings. The number of carbonyl (C=O) groups is 1. The Kier molecular flexibility index (Phi) is 4.37. The van der Waals surface area contributed by atoms with Crippen LogP contribution in [0.1, 0.15) is 15.9 Å². The molecule has 0 radical (unpaired) electrons. The zero-order valence-corrected chi connectivity index (χ0v) is 8.37. The number of hydrogen-bond donors (Lipinski definition) is 0. The molecule has 4 heteroatoms. The average molecular weight is 214 g/mol. The number of halogens is 2. The average Bonchev–Trinajstić information content (AvgIpc) is 2.18. The molecular formula is C11H12F2O2. The van der Waals surface area contributed by atoms with Crippen molar-refractivity contribution in [2.45, 2.75) is 13.3 Å². The van der Waals surface area contributed by atoms with Gasteiger partial charge >= 0.3 is 0 Å². The van der Waals surface area contributed by atoms with Gasteiger partial charge in [-0.1, -0.05) is 29.8 Å². The van der Waals surface area contributed by atoms with Crippen molar-refractivity contribution in [1.82, 2.24) is 0 Å². The molecule has 0 spiro atoms. The molecule has 1 aromatic rings. The van der Waals surface area contributed by atoms with Gasteiger partial charge in [-0.2, -0.15) is 0 Å². The van der Waals surface area contributed by atoms with Gasteiger partial charge in [0.2, 0.25) is 0 Å². The fourth-order valence-electron chi connectivity index (χ4n) is 1.06. The molecule has 0 atom stereocenters. The second kappa shape index (κ2) is 5.56. The first kappa shape index (κ1) is 11.8. The summed E-state index contributed by atoms with van der Waals surface area (Å²) in [5, 5.41) is 0. The first-order valence-electron chi connectivity index (χ1n) is 4.55. The smallest absolute Gasteiger partial charge is 0.261 e. The van der Waals surface area contributed by atoms with Crippen LogP contribution in [0.4, 0.5) is 8.78 Å². The molecule has 0 aliphatic carbocycles. The van der Waals surface area contributed by atoms with Gasteiger partial charge in [0.1, 0.15) is 13.2 Å². The van der Waals surface area contributed by atoms with E-state index in [1.165, 1.54) is 0 Å². The van der Waals surface area contributed by atoms with Crippen molar-refractivity contribution in [2.24, 2.45) is 0 Å². The van der Waals surface area contributed by atoms with Gasteiger partial charge < -0.3 is 4.74 Å². The summed E-state index contributed by atoms with van der Waals surface area (Å²) in [6.45, 7) is 0.909. The number of benzene rings is 1. The van der Waals surface area contributed by atoms with Gasteiger partial charge in [-0.05, 0) is 6.92 Å². The van der Waals surface area contributed by atoms with Gasteiger partial charge in [0.25, 0.3) is 6.43 Å². The Hall–Kier alpha value is -1.29. The molecule has 0 fully saturated rings. The molecule has 1 aromatic carbocycles. The number of Topliss-reactive ketones (excluding diaryl/α,β-unsaturated/α-hetero) is 1. The van der Waals surface area contributed by atoms with Gasteiger partial charge in [0.05, 0.1) is 0 Å². The van der Waals surface area contributed by atoms with E-state index in [0.29, 0.717) is 5.56 Å². The number of carbonyl (C=O) groups excluding carboxylic acids is 1. The predicted octanol–water partition coefficient (Wildman–Crippen LogP) is 2.46. The Bertz CT molecular complexity index is 320. The third kappa shape index (κ3) is 4.16. The van der Waals surface area contributed by atoms with Gasteiger partial charge in [-0.3, -0.25) is 4.79 Å². The van der Waals surface area contributed by atoms with Crippen molar-refractivity contribution >= 4 is 5.78 Å². The Morgan fingerprint density at radius 1 is 1.33 bits per heavy atom.